The maximum Gasteiger partial charge on any atom is 0.255 e. The second-order valence-corrected chi connectivity index (χ2v) is 5.67. The summed E-state index contributed by atoms with van der Waals surface area (Å²) >= 11 is 0. The van der Waals surface area contributed by atoms with Crippen LogP contribution < -0.4 is 4.74 Å². The molecule has 5 nitrogen and oxygen atoms in total. The minimum Gasteiger partial charge on any atom is -0.497 e. The first-order chi connectivity index (χ1) is 11.2. The summed E-state index contributed by atoms with van der Waals surface area (Å²) in [5.74, 6) is 0.723. The number of aromatic nitrogens is 1. The van der Waals surface area contributed by atoms with Crippen molar-refractivity contribution in [1.82, 2.24) is 9.88 Å². The van der Waals surface area contributed by atoms with Gasteiger partial charge in [-0.3, -0.25) is 9.78 Å². The van der Waals surface area contributed by atoms with E-state index in [-0.39, 0.29) is 18.6 Å². The van der Waals surface area contributed by atoms with Crippen molar-refractivity contribution >= 4 is 5.91 Å². The second kappa shape index (κ2) is 6.79. The van der Waals surface area contributed by atoms with Gasteiger partial charge in [0, 0.05) is 24.5 Å². The summed E-state index contributed by atoms with van der Waals surface area (Å²) in [6.45, 7) is 0.703. The molecule has 1 aliphatic heterocycles. The van der Waals surface area contributed by atoms with Crippen LogP contribution in [0.1, 0.15) is 23.2 Å². The Kier molecular flexibility index (Phi) is 4.57. The lowest BCUT2D eigenvalue weighted by Crippen LogP contribution is -2.37. The van der Waals surface area contributed by atoms with Gasteiger partial charge in [0.05, 0.1) is 25.3 Å². The molecule has 0 aliphatic carbocycles. The number of hydrogen-bond acceptors (Lipinski definition) is 4. The molecular formula is C18H20N2O3. The van der Waals surface area contributed by atoms with Crippen molar-refractivity contribution in [2.45, 2.75) is 18.9 Å². The number of nitrogens with zero attached hydrogens (tertiary/aromatic N) is 2. The molecule has 1 aromatic carbocycles. The lowest BCUT2D eigenvalue weighted by atomic mass is 10.1. The van der Waals surface area contributed by atoms with Crippen molar-refractivity contribution in [3.8, 4) is 16.9 Å². The van der Waals surface area contributed by atoms with Gasteiger partial charge in [-0.2, -0.15) is 0 Å². The molecule has 0 unspecified atom stereocenters. The van der Waals surface area contributed by atoms with E-state index >= 15 is 0 Å². The molecule has 1 amide bonds. The van der Waals surface area contributed by atoms with Crippen LogP contribution >= 0.6 is 0 Å². The number of benzene rings is 1. The first-order valence-corrected chi connectivity index (χ1v) is 7.74. The molecule has 2 aromatic rings. The maximum atomic E-state index is 12.7. The van der Waals surface area contributed by atoms with Crippen LogP contribution in [0.15, 0.2) is 42.7 Å². The standard InChI is InChI=1S/C18H20N2O3/c1-23-17-6-4-13(5-7-17)14-9-15(11-19-10-14)18(22)20-8-2-3-16(20)12-21/h4-7,9-11,16,21H,2-3,8,12H2,1H3/t16-/m1/s1. The zero-order valence-electron chi connectivity index (χ0n) is 13.1. The number of methoxy groups -OCH3 is 1. The largest absolute Gasteiger partial charge is 0.497 e. The Hall–Kier alpha value is -2.40. The molecule has 23 heavy (non-hydrogen) atoms. The Morgan fingerprint density at radius 1 is 1.30 bits per heavy atom. The van der Waals surface area contributed by atoms with Gasteiger partial charge in [-0.1, -0.05) is 12.1 Å². The Morgan fingerprint density at radius 3 is 2.78 bits per heavy atom. The quantitative estimate of drug-likeness (QED) is 0.941. The normalized spacial score (nSPS) is 17.3. The van der Waals surface area contributed by atoms with Crippen LogP contribution in [0.3, 0.4) is 0 Å². The highest BCUT2D eigenvalue weighted by molar-refractivity contribution is 5.95. The van der Waals surface area contributed by atoms with Crippen LogP contribution in [-0.4, -0.2) is 47.2 Å². The average molecular weight is 312 g/mol. The molecule has 0 spiro atoms. The van der Waals surface area contributed by atoms with Gasteiger partial charge in [-0.05, 0) is 36.6 Å². The number of aliphatic hydroxyl groups excluding tert-OH is 1. The van der Waals surface area contributed by atoms with E-state index in [9.17, 15) is 9.90 Å². The van der Waals surface area contributed by atoms with Crippen molar-refractivity contribution < 1.29 is 14.6 Å². The Morgan fingerprint density at radius 2 is 2.09 bits per heavy atom. The molecule has 5 heteroatoms. The van der Waals surface area contributed by atoms with Crippen LogP contribution in [0, 0.1) is 0 Å². The third kappa shape index (κ3) is 3.19. The first kappa shape index (κ1) is 15.5. The molecule has 1 aromatic heterocycles. The predicted molar refractivity (Wildman–Crippen MR) is 87.4 cm³/mol. The lowest BCUT2D eigenvalue weighted by molar-refractivity contribution is 0.0677. The van der Waals surface area contributed by atoms with Gasteiger partial charge in [-0.25, -0.2) is 0 Å². The lowest BCUT2D eigenvalue weighted by Gasteiger charge is -2.23. The van der Waals surface area contributed by atoms with Gasteiger partial charge in [0.15, 0.2) is 0 Å². The van der Waals surface area contributed by atoms with E-state index in [4.69, 9.17) is 4.74 Å². The molecular weight excluding hydrogens is 292 g/mol. The summed E-state index contributed by atoms with van der Waals surface area (Å²) in [6, 6.07) is 9.42. The Balaban J connectivity index is 1.85. The average Bonchev–Trinajstić information content (AvgIpc) is 3.10. The number of carbonyl (C=O) groups is 1. The van der Waals surface area contributed by atoms with Crippen molar-refractivity contribution in [2.75, 3.05) is 20.3 Å². The van der Waals surface area contributed by atoms with Crippen molar-refractivity contribution in [3.05, 3.63) is 48.3 Å². The predicted octanol–water partition coefficient (Wildman–Crippen LogP) is 2.35. The van der Waals surface area contributed by atoms with Crippen LogP contribution in [0.2, 0.25) is 0 Å². The highest BCUT2D eigenvalue weighted by Gasteiger charge is 2.29. The topological polar surface area (TPSA) is 62.7 Å². The molecule has 0 saturated carbocycles. The van der Waals surface area contributed by atoms with Crippen molar-refractivity contribution in [1.29, 1.82) is 0 Å². The van der Waals surface area contributed by atoms with Crippen LogP contribution in [0.4, 0.5) is 0 Å². The smallest absolute Gasteiger partial charge is 0.255 e. The van der Waals surface area contributed by atoms with Gasteiger partial charge in [0.2, 0.25) is 0 Å². The van der Waals surface area contributed by atoms with E-state index in [2.05, 4.69) is 4.98 Å². The minimum atomic E-state index is -0.0767. The number of aliphatic hydroxyl groups is 1. The van der Waals surface area contributed by atoms with E-state index in [1.807, 2.05) is 30.3 Å². The summed E-state index contributed by atoms with van der Waals surface area (Å²) in [5.41, 5.74) is 2.42. The molecule has 1 saturated heterocycles. The molecule has 3 rings (SSSR count). The summed E-state index contributed by atoms with van der Waals surface area (Å²) in [5, 5.41) is 9.39. The fourth-order valence-corrected chi connectivity index (χ4v) is 2.96. The Labute approximate surface area is 135 Å². The number of likely N-dealkylation sites (tertiary alicyclic amines) is 1. The van der Waals surface area contributed by atoms with Crippen molar-refractivity contribution in [2.24, 2.45) is 0 Å². The summed E-state index contributed by atoms with van der Waals surface area (Å²) in [7, 11) is 1.63. The van der Waals surface area contributed by atoms with Gasteiger partial charge >= 0.3 is 0 Å². The summed E-state index contributed by atoms with van der Waals surface area (Å²) in [4.78, 5) is 18.6. The number of pyridine rings is 1. The second-order valence-electron chi connectivity index (χ2n) is 5.67. The maximum absolute atomic E-state index is 12.7. The first-order valence-electron chi connectivity index (χ1n) is 7.74. The number of ether oxygens (including phenoxy) is 1. The van der Waals surface area contributed by atoms with Crippen molar-refractivity contribution in [3.63, 3.8) is 0 Å². The number of amides is 1. The van der Waals surface area contributed by atoms with E-state index in [1.54, 1.807) is 24.4 Å². The Bertz CT molecular complexity index is 685. The van der Waals surface area contributed by atoms with E-state index in [1.165, 1.54) is 0 Å². The number of carbonyl (C=O) groups excluding carboxylic acids is 1. The highest BCUT2D eigenvalue weighted by atomic mass is 16.5. The number of hydrogen-bond donors (Lipinski definition) is 1. The molecule has 2 heterocycles. The highest BCUT2D eigenvalue weighted by Crippen LogP contribution is 2.24. The SMILES string of the molecule is COc1ccc(-c2cncc(C(=O)N3CCC[C@@H]3CO)c2)cc1. The van der Waals surface area contributed by atoms with Gasteiger partial charge in [-0.15, -0.1) is 0 Å². The van der Waals surface area contributed by atoms with Crippen LogP contribution in [0.25, 0.3) is 11.1 Å². The van der Waals surface area contributed by atoms with Gasteiger partial charge in [0.25, 0.3) is 5.91 Å². The molecule has 1 aliphatic rings. The minimum absolute atomic E-state index is 0.0112. The molecule has 1 atom stereocenters. The molecule has 1 fully saturated rings. The zero-order valence-corrected chi connectivity index (χ0v) is 13.1. The van der Waals surface area contributed by atoms with E-state index in [0.29, 0.717) is 12.1 Å². The summed E-state index contributed by atoms with van der Waals surface area (Å²) < 4.78 is 5.16. The van der Waals surface area contributed by atoms with Gasteiger partial charge < -0.3 is 14.7 Å². The third-order valence-electron chi connectivity index (χ3n) is 4.26. The van der Waals surface area contributed by atoms with Crippen LogP contribution in [0.5, 0.6) is 5.75 Å². The zero-order chi connectivity index (χ0) is 16.2. The molecule has 1 N–H and O–H groups in total. The fraction of sp³-hybridized carbons (Fsp3) is 0.333. The van der Waals surface area contributed by atoms with Crippen LogP contribution in [-0.2, 0) is 0 Å². The summed E-state index contributed by atoms with van der Waals surface area (Å²) in [6.07, 6.45) is 5.12. The molecule has 120 valence electrons. The fourth-order valence-electron chi connectivity index (χ4n) is 2.96. The monoisotopic (exact) mass is 312 g/mol. The molecule has 0 radical (unpaired) electrons. The molecule has 0 bridgehead atoms. The van der Waals surface area contributed by atoms with E-state index < -0.39 is 0 Å². The van der Waals surface area contributed by atoms with Gasteiger partial charge in [0.1, 0.15) is 5.75 Å². The third-order valence-corrected chi connectivity index (χ3v) is 4.26. The van der Waals surface area contributed by atoms with E-state index in [0.717, 1.165) is 29.7 Å². The number of rotatable bonds is 4.